The predicted molar refractivity (Wildman–Crippen MR) is 106 cm³/mol. The fourth-order valence-corrected chi connectivity index (χ4v) is 2.50. The first-order chi connectivity index (χ1) is 13.7. The molecule has 2 aromatic heterocycles. The Morgan fingerprint density at radius 1 is 1.29 bits per heavy atom. The van der Waals surface area contributed by atoms with Crippen molar-refractivity contribution >= 4 is 17.8 Å². The average molecular weight is 380 g/mol. The number of carbonyl (C=O) groups is 1. The summed E-state index contributed by atoms with van der Waals surface area (Å²) in [5, 5.41) is 6.97. The van der Waals surface area contributed by atoms with Crippen LogP contribution in [-0.4, -0.2) is 20.7 Å². The van der Waals surface area contributed by atoms with Gasteiger partial charge in [-0.05, 0) is 42.3 Å². The van der Waals surface area contributed by atoms with Crippen molar-refractivity contribution in [1.82, 2.24) is 14.8 Å². The molecule has 3 aromatic rings. The molecule has 0 atom stereocenters. The van der Waals surface area contributed by atoms with Crippen molar-refractivity contribution < 1.29 is 13.9 Å². The number of aromatic nitrogens is 3. The first kappa shape index (κ1) is 19.3. The summed E-state index contributed by atoms with van der Waals surface area (Å²) in [4.78, 5) is 16.1. The molecule has 1 N–H and O–H groups in total. The lowest BCUT2D eigenvalue weighted by atomic mass is 10.2. The molecular weight excluding hydrogens is 359 g/mol. The molecule has 0 fully saturated rings. The van der Waals surface area contributed by atoms with E-state index in [9.17, 15) is 9.18 Å². The van der Waals surface area contributed by atoms with Crippen molar-refractivity contribution in [2.75, 3.05) is 5.32 Å². The molecule has 0 unspecified atom stereocenters. The van der Waals surface area contributed by atoms with Gasteiger partial charge in [-0.1, -0.05) is 19.4 Å². The van der Waals surface area contributed by atoms with Gasteiger partial charge in [0.25, 0.3) is 0 Å². The van der Waals surface area contributed by atoms with Crippen LogP contribution in [-0.2, 0) is 11.3 Å². The maximum Gasteiger partial charge on any atom is 0.249 e. The molecule has 0 saturated heterocycles. The molecule has 1 aromatic carbocycles. The third-order valence-electron chi connectivity index (χ3n) is 3.94. The van der Waals surface area contributed by atoms with Crippen LogP contribution in [0, 0.1) is 5.82 Å². The summed E-state index contributed by atoms with van der Waals surface area (Å²) < 4.78 is 21.4. The zero-order valence-corrected chi connectivity index (χ0v) is 15.5. The average Bonchev–Trinajstić information content (AvgIpc) is 3.14. The van der Waals surface area contributed by atoms with Gasteiger partial charge >= 0.3 is 0 Å². The van der Waals surface area contributed by atoms with Gasteiger partial charge in [0.1, 0.15) is 11.6 Å². The van der Waals surface area contributed by atoms with Crippen LogP contribution in [0.3, 0.4) is 0 Å². The Bertz CT molecular complexity index is 954. The summed E-state index contributed by atoms with van der Waals surface area (Å²) in [6.45, 7) is 2.84. The maximum absolute atomic E-state index is 14.2. The Hall–Kier alpha value is -3.48. The van der Waals surface area contributed by atoms with E-state index < -0.39 is 5.82 Å². The molecule has 0 radical (unpaired) electrons. The second-order valence-corrected chi connectivity index (χ2v) is 6.10. The molecule has 144 valence electrons. The van der Waals surface area contributed by atoms with E-state index in [4.69, 9.17) is 4.74 Å². The number of aryl methyl sites for hydroxylation is 1. The van der Waals surface area contributed by atoms with Crippen molar-refractivity contribution in [2.45, 2.75) is 26.3 Å². The SMILES string of the molecule is CCCCn1nccc1NC(=O)/C=C/c1ccc(Oc2cccnc2)c(F)c1. The van der Waals surface area contributed by atoms with Crippen LogP contribution in [0.25, 0.3) is 6.08 Å². The molecule has 7 heteroatoms. The quantitative estimate of drug-likeness (QED) is 0.577. The lowest BCUT2D eigenvalue weighted by molar-refractivity contribution is -0.111. The number of nitrogens with one attached hydrogen (secondary N) is 1. The van der Waals surface area contributed by atoms with Crippen LogP contribution in [0.4, 0.5) is 10.2 Å². The number of anilines is 1. The molecule has 6 nitrogen and oxygen atoms in total. The van der Waals surface area contributed by atoms with Crippen LogP contribution < -0.4 is 10.1 Å². The summed E-state index contributed by atoms with van der Waals surface area (Å²) in [5.41, 5.74) is 0.547. The smallest absolute Gasteiger partial charge is 0.249 e. The molecule has 0 saturated carbocycles. The molecule has 28 heavy (non-hydrogen) atoms. The minimum Gasteiger partial charge on any atom is -0.453 e. The number of hydrogen-bond acceptors (Lipinski definition) is 4. The number of carbonyl (C=O) groups excluding carboxylic acids is 1. The largest absolute Gasteiger partial charge is 0.453 e. The Morgan fingerprint density at radius 2 is 2.18 bits per heavy atom. The molecule has 3 rings (SSSR count). The third-order valence-corrected chi connectivity index (χ3v) is 3.94. The van der Waals surface area contributed by atoms with Crippen LogP contribution in [0.5, 0.6) is 11.5 Å². The van der Waals surface area contributed by atoms with Gasteiger partial charge < -0.3 is 10.1 Å². The van der Waals surface area contributed by atoms with Gasteiger partial charge in [-0.25, -0.2) is 9.07 Å². The molecule has 0 aliphatic heterocycles. The molecule has 0 aliphatic carbocycles. The van der Waals surface area contributed by atoms with E-state index in [0.29, 0.717) is 17.1 Å². The topological polar surface area (TPSA) is 69.0 Å². The van der Waals surface area contributed by atoms with E-state index in [0.717, 1.165) is 19.4 Å². The highest BCUT2D eigenvalue weighted by molar-refractivity contribution is 6.01. The zero-order valence-electron chi connectivity index (χ0n) is 15.5. The molecular formula is C21H21FN4O2. The van der Waals surface area contributed by atoms with E-state index in [-0.39, 0.29) is 11.7 Å². The summed E-state index contributed by atoms with van der Waals surface area (Å²) in [5.74, 6) is 0.339. The van der Waals surface area contributed by atoms with Gasteiger partial charge in [-0.3, -0.25) is 9.78 Å². The van der Waals surface area contributed by atoms with E-state index >= 15 is 0 Å². The Labute approximate surface area is 162 Å². The van der Waals surface area contributed by atoms with Crippen molar-refractivity contribution in [3.8, 4) is 11.5 Å². The van der Waals surface area contributed by atoms with Crippen LogP contribution in [0.2, 0.25) is 0 Å². The number of hydrogen-bond donors (Lipinski definition) is 1. The first-order valence-corrected chi connectivity index (χ1v) is 9.04. The molecule has 2 heterocycles. The van der Waals surface area contributed by atoms with Crippen molar-refractivity contribution in [2.24, 2.45) is 0 Å². The van der Waals surface area contributed by atoms with E-state index in [2.05, 4.69) is 22.3 Å². The molecule has 1 amide bonds. The maximum atomic E-state index is 14.2. The highest BCUT2D eigenvalue weighted by Crippen LogP contribution is 2.24. The second kappa shape index (κ2) is 9.45. The second-order valence-electron chi connectivity index (χ2n) is 6.10. The number of pyridine rings is 1. The molecule has 0 aliphatic rings. The Balaban J connectivity index is 1.61. The number of rotatable bonds is 8. The van der Waals surface area contributed by atoms with Crippen LogP contribution >= 0.6 is 0 Å². The van der Waals surface area contributed by atoms with Crippen molar-refractivity contribution in [3.63, 3.8) is 0 Å². The molecule has 0 bridgehead atoms. The van der Waals surface area contributed by atoms with Gasteiger partial charge in [0.2, 0.25) is 5.91 Å². The fraction of sp³-hybridized carbons (Fsp3) is 0.190. The predicted octanol–water partition coefficient (Wildman–Crippen LogP) is 4.66. The normalized spacial score (nSPS) is 10.9. The van der Waals surface area contributed by atoms with Gasteiger partial charge in [0.15, 0.2) is 11.6 Å². The number of halogens is 1. The number of amides is 1. The number of nitrogens with zero attached hydrogens (tertiary/aromatic N) is 3. The monoisotopic (exact) mass is 380 g/mol. The minimum atomic E-state index is -0.524. The fourth-order valence-electron chi connectivity index (χ4n) is 2.50. The van der Waals surface area contributed by atoms with E-state index in [1.807, 2.05) is 0 Å². The Kier molecular flexibility index (Phi) is 6.51. The lowest BCUT2D eigenvalue weighted by Gasteiger charge is -2.07. The summed E-state index contributed by atoms with van der Waals surface area (Å²) in [7, 11) is 0. The van der Waals surface area contributed by atoms with E-state index in [1.54, 1.807) is 47.4 Å². The van der Waals surface area contributed by atoms with Crippen molar-refractivity contribution in [1.29, 1.82) is 0 Å². The van der Waals surface area contributed by atoms with Gasteiger partial charge in [-0.15, -0.1) is 0 Å². The van der Waals surface area contributed by atoms with E-state index in [1.165, 1.54) is 24.4 Å². The summed E-state index contributed by atoms with van der Waals surface area (Å²) in [6, 6.07) is 9.63. The third kappa shape index (κ3) is 5.26. The zero-order chi connectivity index (χ0) is 19.8. The van der Waals surface area contributed by atoms with Gasteiger partial charge in [-0.2, -0.15) is 5.10 Å². The standard InChI is InChI=1S/C21H21FN4O2/c1-2-3-13-26-20(10-12-24-26)25-21(27)9-7-16-6-8-19(18(22)14-16)28-17-5-4-11-23-15-17/h4-12,14-15H,2-3,13H2,1H3,(H,25,27)/b9-7+. The summed E-state index contributed by atoms with van der Waals surface area (Å²) >= 11 is 0. The van der Waals surface area contributed by atoms with Crippen molar-refractivity contribution in [3.05, 3.63) is 72.4 Å². The number of benzene rings is 1. The Morgan fingerprint density at radius 3 is 2.93 bits per heavy atom. The summed E-state index contributed by atoms with van der Waals surface area (Å²) in [6.07, 6.45) is 9.67. The number of ether oxygens (including phenoxy) is 1. The minimum absolute atomic E-state index is 0.0921. The first-order valence-electron chi connectivity index (χ1n) is 9.04. The lowest BCUT2D eigenvalue weighted by Crippen LogP contribution is -2.13. The molecule has 0 spiro atoms. The van der Waals surface area contributed by atoms with Gasteiger partial charge in [0, 0.05) is 24.9 Å². The van der Waals surface area contributed by atoms with Crippen LogP contribution in [0.15, 0.2) is 61.1 Å². The highest BCUT2D eigenvalue weighted by atomic mass is 19.1. The van der Waals surface area contributed by atoms with Gasteiger partial charge in [0.05, 0.1) is 12.4 Å². The highest BCUT2D eigenvalue weighted by Gasteiger charge is 2.07. The number of unbranched alkanes of at least 4 members (excludes halogenated alkanes) is 1. The van der Waals surface area contributed by atoms with Crippen LogP contribution in [0.1, 0.15) is 25.3 Å².